The Labute approximate surface area is 150 Å². The van der Waals surface area contributed by atoms with Gasteiger partial charge in [0.1, 0.15) is 5.56 Å². The first-order valence-electron chi connectivity index (χ1n) is 8.08. The number of aryl methyl sites for hydroxylation is 1. The van der Waals surface area contributed by atoms with E-state index in [-0.39, 0.29) is 17.3 Å². The van der Waals surface area contributed by atoms with Crippen LogP contribution < -0.4 is 0 Å². The normalized spacial score (nSPS) is 10.5. The summed E-state index contributed by atoms with van der Waals surface area (Å²) in [7, 11) is 0. The number of carbonyl (C=O) groups excluding carboxylic acids is 1. The van der Waals surface area contributed by atoms with Gasteiger partial charge in [-0.05, 0) is 37.1 Å². The molecule has 0 amide bonds. The van der Waals surface area contributed by atoms with E-state index in [1.165, 1.54) is 0 Å². The Kier molecular flexibility index (Phi) is 4.84. The Bertz CT molecular complexity index is 939. The molecule has 2 aromatic carbocycles. The Morgan fingerprint density at radius 3 is 2.08 bits per heavy atom. The van der Waals surface area contributed by atoms with Gasteiger partial charge in [-0.3, -0.25) is 0 Å². The van der Waals surface area contributed by atoms with Crippen LogP contribution in [0.25, 0.3) is 22.5 Å². The van der Waals surface area contributed by atoms with Crippen molar-refractivity contribution in [2.75, 3.05) is 6.61 Å². The minimum Gasteiger partial charge on any atom is -0.477 e. The number of ether oxygens (including phenoxy) is 1. The molecular weight excluding hydrogens is 334 g/mol. The summed E-state index contributed by atoms with van der Waals surface area (Å²) in [6, 6.07) is 14.4. The second kappa shape index (κ2) is 7.23. The zero-order chi connectivity index (χ0) is 18.7. The molecule has 0 atom stereocenters. The molecule has 0 fully saturated rings. The van der Waals surface area contributed by atoms with E-state index >= 15 is 0 Å². The molecule has 0 aliphatic carbocycles. The van der Waals surface area contributed by atoms with Crippen molar-refractivity contribution in [1.29, 1.82) is 0 Å². The number of hydrogen-bond acceptors (Lipinski definition) is 5. The molecule has 3 rings (SSSR count). The van der Waals surface area contributed by atoms with E-state index in [4.69, 9.17) is 9.26 Å². The first-order valence-corrected chi connectivity index (χ1v) is 8.08. The van der Waals surface area contributed by atoms with Gasteiger partial charge in [0.05, 0.1) is 17.9 Å². The van der Waals surface area contributed by atoms with Gasteiger partial charge in [0, 0.05) is 5.56 Å². The average Bonchev–Trinajstić information content (AvgIpc) is 3.04. The van der Waals surface area contributed by atoms with E-state index in [9.17, 15) is 14.7 Å². The number of aromatic nitrogens is 1. The van der Waals surface area contributed by atoms with Crippen molar-refractivity contribution < 1.29 is 24.0 Å². The van der Waals surface area contributed by atoms with Crippen LogP contribution in [0.5, 0.6) is 0 Å². The number of rotatable bonds is 5. The van der Waals surface area contributed by atoms with Crippen molar-refractivity contribution in [2.45, 2.75) is 13.8 Å². The van der Waals surface area contributed by atoms with Crippen LogP contribution in [0.15, 0.2) is 53.1 Å². The van der Waals surface area contributed by atoms with Gasteiger partial charge in [-0.1, -0.05) is 41.6 Å². The highest BCUT2D eigenvalue weighted by atomic mass is 16.5. The summed E-state index contributed by atoms with van der Waals surface area (Å²) in [4.78, 5) is 23.1. The third kappa shape index (κ3) is 3.35. The molecule has 3 aromatic rings. The number of carboxylic acids is 1. The largest absolute Gasteiger partial charge is 0.477 e. The van der Waals surface area contributed by atoms with E-state index in [1.54, 1.807) is 38.1 Å². The zero-order valence-corrected chi connectivity index (χ0v) is 14.4. The fourth-order valence-corrected chi connectivity index (χ4v) is 2.65. The Hall–Kier alpha value is -3.41. The van der Waals surface area contributed by atoms with Crippen LogP contribution >= 0.6 is 0 Å². The molecule has 6 nitrogen and oxygen atoms in total. The molecule has 0 saturated carbocycles. The number of carbonyl (C=O) groups is 2. The van der Waals surface area contributed by atoms with Gasteiger partial charge in [0.25, 0.3) is 0 Å². The quantitative estimate of drug-likeness (QED) is 0.693. The fourth-order valence-electron chi connectivity index (χ4n) is 2.65. The van der Waals surface area contributed by atoms with E-state index < -0.39 is 5.97 Å². The third-order valence-corrected chi connectivity index (χ3v) is 3.95. The second-order valence-corrected chi connectivity index (χ2v) is 5.65. The fraction of sp³-hybridized carbons (Fsp3) is 0.150. The number of aromatic carboxylic acids is 1. The Balaban J connectivity index is 1.86. The lowest BCUT2D eigenvalue weighted by Crippen LogP contribution is -2.03. The highest BCUT2D eigenvalue weighted by Crippen LogP contribution is 2.29. The van der Waals surface area contributed by atoms with Crippen molar-refractivity contribution in [2.24, 2.45) is 0 Å². The minimum atomic E-state index is -1.07. The number of carboxylic acid groups (broad SMARTS) is 1. The predicted molar refractivity (Wildman–Crippen MR) is 95.0 cm³/mol. The van der Waals surface area contributed by atoms with Crippen LogP contribution in [0.4, 0.5) is 0 Å². The molecule has 0 aliphatic heterocycles. The smallest absolute Gasteiger partial charge is 0.341 e. The van der Waals surface area contributed by atoms with Gasteiger partial charge in [0.15, 0.2) is 5.76 Å². The minimum absolute atomic E-state index is 0.0662. The summed E-state index contributed by atoms with van der Waals surface area (Å²) in [5.41, 5.74) is 3.39. The average molecular weight is 351 g/mol. The van der Waals surface area contributed by atoms with Gasteiger partial charge in [-0.2, -0.15) is 0 Å². The molecule has 0 spiro atoms. The Morgan fingerprint density at radius 2 is 1.54 bits per heavy atom. The maximum Gasteiger partial charge on any atom is 0.341 e. The standard InChI is InChI=1S/C20H17NO5/c1-3-25-20(24)16-10-6-14(7-11-16)13-4-8-15(9-5-13)18-17(19(22)23)12(2)21-26-18/h4-11H,3H2,1-2H3,(H,22,23). The lowest BCUT2D eigenvalue weighted by molar-refractivity contribution is 0.0526. The van der Waals surface area contributed by atoms with E-state index in [0.29, 0.717) is 23.4 Å². The number of esters is 1. The van der Waals surface area contributed by atoms with Crippen molar-refractivity contribution in [1.82, 2.24) is 5.16 Å². The van der Waals surface area contributed by atoms with E-state index in [0.717, 1.165) is 11.1 Å². The zero-order valence-electron chi connectivity index (χ0n) is 14.4. The van der Waals surface area contributed by atoms with Crippen LogP contribution in [-0.2, 0) is 4.74 Å². The highest BCUT2D eigenvalue weighted by molar-refractivity contribution is 5.95. The topological polar surface area (TPSA) is 89.6 Å². The SMILES string of the molecule is CCOC(=O)c1ccc(-c2ccc(-c3onc(C)c3C(=O)O)cc2)cc1. The van der Waals surface area contributed by atoms with Crippen molar-refractivity contribution in [3.63, 3.8) is 0 Å². The molecule has 0 aliphatic rings. The lowest BCUT2D eigenvalue weighted by atomic mass is 10.0. The van der Waals surface area contributed by atoms with Crippen LogP contribution in [0.2, 0.25) is 0 Å². The summed E-state index contributed by atoms with van der Waals surface area (Å²) in [5, 5.41) is 13.0. The van der Waals surface area contributed by atoms with Gasteiger partial charge in [-0.15, -0.1) is 0 Å². The van der Waals surface area contributed by atoms with Crippen molar-refractivity contribution in [3.05, 3.63) is 65.4 Å². The second-order valence-electron chi connectivity index (χ2n) is 5.65. The monoisotopic (exact) mass is 351 g/mol. The highest BCUT2D eigenvalue weighted by Gasteiger charge is 2.21. The molecule has 0 radical (unpaired) electrons. The molecule has 1 aromatic heterocycles. The van der Waals surface area contributed by atoms with Crippen LogP contribution in [0.3, 0.4) is 0 Å². The first kappa shape index (κ1) is 17.4. The molecule has 132 valence electrons. The van der Waals surface area contributed by atoms with Gasteiger partial charge in [-0.25, -0.2) is 9.59 Å². The van der Waals surface area contributed by atoms with E-state index in [1.807, 2.05) is 24.3 Å². The van der Waals surface area contributed by atoms with Crippen LogP contribution in [-0.4, -0.2) is 28.8 Å². The summed E-state index contributed by atoms with van der Waals surface area (Å²) in [6.45, 7) is 3.69. The number of benzene rings is 2. The molecule has 1 N–H and O–H groups in total. The summed E-state index contributed by atoms with van der Waals surface area (Å²) < 4.78 is 10.1. The van der Waals surface area contributed by atoms with Gasteiger partial charge < -0.3 is 14.4 Å². The Morgan fingerprint density at radius 1 is 1.00 bits per heavy atom. The summed E-state index contributed by atoms with van der Waals surface area (Å²) in [6.07, 6.45) is 0. The van der Waals surface area contributed by atoms with E-state index in [2.05, 4.69) is 5.16 Å². The van der Waals surface area contributed by atoms with Crippen molar-refractivity contribution >= 4 is 11.9 Å². The maximum absolute atomic E-state index is 11.7. The summed E-state index contributed by atoms with van der Waals surface area (Å²) >= 11 is 0. The van der Waals surface area contributed by atoms with Gasteiger partial charge in [0.2, 0.25) is 0 Å². The molecule has 0 saturated heterocycles. The molecule has 6 heteroatoms. The lowest BCUT2D eigenvalue weighted by Gasteiger charge is -2.05. The molecule has 26 heavy (non-hydrogen) atoms. The maximum atomic E-state index is 11.7. The number of hydrogen-bond donors (Lipinski definition) is 1. The summed E-state index contributed by atoms with van der Waals surface area (Å²) in [5.74, 6) is -1.19. The third-order valence-electron chi connectivity index (χ3n) is 3.95. The molecule has 1 heterocycles. The van der Waals surface area contributed by atoms with Gasteiger partial charge >= 0.3 is 11.9 Å². The van der Waals surface area contributed by atoms with Crippen LogP contribution in [0.1, 0.15) is 33.3 Å². The number of nitrogens with zero attached hydrogens (tertiary/aromatic N) is 1. The van der Waals surface area contributed by atoms with Crippen molar-refractivity contribution in [3.8, 4) is 22.5 Å². The molecule has 0 unspecified atom stereocenters. The molecular formula is C20H17NO5. The van der Waals surface area contributed by atoms with Crippen LogP contribution in [0, 0.1) is 6.92 Å². The first-order chi connectivity index (χ1) is 12.5. The predicted octanol–water partition coefficient (Wildman–Crippen LogP) is 4.19. The molecule has 0 bridgehead atoms.